The first-order valence-corrected chi connectivity index (χ1v) is 4.17. The molecule has 0 aromatic carbocycles. The Morgan fingerprint density at radius 2 is 2.00 bits per heavy atom. The van der Waals surface area contributed by atoms with Gasteiger partial charge in [-0.2, -0.15) is 13.2 Å². The van der Waals surface area contributed by atoms with Crippen molar-refractivity contribution in [2.75, 3.05) is 0 Å². The molecule has 14 heavy (non-hydrogen) atoms. The molecule has 0 aliphatic carbocycles. The topological polar surface area (TPSA) is 26.0 Å². The Labute approximate surface area is 85.7 Å². The summed E-state index contributed by atoms with van der Waals surface area (Å²) in [6.07, 6.45) is -2.97. The molecule has 0 heterocycles. The van der Waals surface area contributed by atoms with E-state index in [9.17, 15) is 13.2 Å². The van der Waals surface area contributed by atoms with Crippen LogP contribution in [0.5, 0.6) is 0 Å². The molecule has 2 N–H and O–H groups in total. The zero-order valence-corrected chi connectivity index (χ0v) is 8.41. The van der Waals surface area contributed by atoms with E-state index in [0.717, 1.165) is 6.08 Å². The molecule has 0 aromatic rings. The normalized spacial score (nSPS) is 15.1. The monoisotopic (exact) mass is 225 g/mol. The van der Waals surface area contributed by atoms with Crippen molar-refractivity contribution in [1.29, 1.82) is 0 Å². The molecule has 0 radical (unpaired) electrons. The van der Waals surface area contributed by atoms with Crippen molar-refractivity contribution in [2.24, 2.45) is 5.73 Å². The Morgan fingerprint density at radius 3 is 2.36 bits per heavy atom. The number of allylic oxidation sites excluding steroid dienone is 4. The molecule has 0 spiro atoms. The van der Waals surface area contributed by atoms with Crippen LogP contribution in [0.4, 0.5) is 13.2 Å². The highest BCUT2D eigenvalue weighted by molar-refractivity contribution is 6.31. The molecule has 0 saturated carbocycles. The zero-order valence-electron chi connectivity index (χ0n) is 7.66. The minimum atomic E-state index is -4.22. The lowest BCUT2D eigenvalue weighted by molar-refractivity contribution is -0.125. The molecule has 5 heteroatoms. The summed E-state index contributed by atoms with van der Waals surface area (Å²) in [5, 5.41) is 0.154. The largest absolute Gasteiger partial charge is 0.397 e. The molecule has 0 unspecified atom stereocenters. The summed E-state index contributed by atoms with van der Waals surface area (Å²) in [4.78, 5) is 0. The van der Waals surface area contributed by atoms with Gasteiger partial charge in [0.05, 0.1) is 17.2 Å². The van der Waals surface area contributed by atoms with E-state index < -0.39 is 12.6 Å². The first-order chi connectivity index (χ1) is 6.28. The van der Waals surface area contributed by atoms with Gasteiger partial charge < -0.3 is 5.73 Å². The number of hydrogen-bond donors (Lipinski definition) is 1. The van der Waals surface area contributed by atoms with E-state index in [1.54, 1.807) is 0 Å². The van der Waals surface area contributed by atoms with Crippen molar-refractivity contribution in [3.63, 3.8) is 0 Å². The minimum absolute atomic E-state index is 0.117. The fraction of sp³-hybridized carbons (Fsp3) is 0.333. The smallest absolute Gasteiger partial charge is 0.392 e. The summed E-state index contributed by atoms with van der Waals surface area (Å²) in [6, 6.07) is 0. The highest BCUT2D eigenvalue weighted by atomic mass is 35.5. The predicted molar refractivity (Wildman–Crippen MR) is 51.7 cm³/mol. The Balaban J connectivity index is 4.63. The highest BCUT2D eigenvalue weighted by Crippen LogP contribution is 2.22. The lowest BCUT2D eigenvalue weighted by Gasteiger charge is -2.05. The maximum Gasteiger partial charge on any atom is 0.392 e. The average Bonchev–Trinajstić information content (AvgIpc) is 2.10. The highest BCUT2D eigenvalue weighted by Gasteiger charge is 2.25. The summed E-state index contributed by atoms with van der Waals surface area (Å²) < 4.78 is 35.4. The van der Waals surface area contributed by atoms with Gasteiger partial charge in [0.25, 0.3) is 0 Å². The molecule has 1 nitrogen and oxygen atoms in total. The van der Waals surface area contributed by atoms with Crippen molar-refractivity contribution in [1.82, 2.24) is 0 Å². The minimum Gasteiger partial charge on any atom is -0.397 e. The predicted octanol–water partition coefficient (Wildman–Crippen LogP) is 3.48. The summed E-state index contributed by atoms with van der Waals surface area (Å²) in [7, 11) is 0. The van der Waals surface area contributed by atoms with Gasteiger partial charge in [-0.1, -0.05) is 24.3 Å². The summed E-state index contributed by atoms with van der Waals surface area (Å²) >= 11 is 5.58. The number of rotatable bonds is 3. The van der Waals surface area contributed by atoms with Crippen LogP contribution >= 0.6 is 11.6 Å². The second kappa shape index (κ2) is 5.10. The van der Waals surface area contributed by atoms with E-state index in [2.05, 4.69) is 6.58 Å². The number of nitrogens with two attached hydrogens (primary N) is 1. The van der Waals surface area contributed by atoms with Gasteiger partial charge in [0.2, 0.25) is 0 Å². The second-order valence-electron chi connectivity index (χ2n) is 2.67. The second-order valence-corrected chi connectivity index (χ2v) is 3.08. The van der Waals surface area contributed by atoms with E-state index in [1.165, 1.54) is 13.0 Å². The first-order valence-electron chi connectivity index (χ1n) is 3.79. The molecular formula is C9H11ClF3N. The molecule has 0 aliphatic rings. The lowest BCUT2D eigenvalue weighted by atomic mass is 10.1. The van der Waals surface area contributed by atoms with Crippen LogP contribution in [0.2, 0.25) is 0 Å². The van der Waals surface area contributed by atoms with Crippen molar-refractivity contribution < 1.29 is 13.2 Å². The fourth-order valence-corrected chi connectivity index (χ4v) is 0.826. The molecule has 0 rings (SSSR count). The van der Waals surface area contributed by atoms with Crippen LogP contribution in [0.1, 0.15) is 13.3 Å². The third kappa shape index (κ3) is 4.97. The van der Waals surface area contributed by atoms with Crippen LogP contribution in [0, 0.1) is 0 Å². The van der Waals surface area contributed by atoms with Gasteiger partial charge in [0.15, 0.2) is 0 Å². The summed E-state index contributed by atoms with van der Waals surface area (Å²) in [5.41, 5.74) is 5.86. The lowest BCUT2D eigenvalue weighted by Crippen LogP contribution is -2.07. The number of halogens is 4. The quantitative estimate of drug-likeness (QED) is 0.732. The van der Waals surface area contributed by atoms with E-state index in [1.807, 2.05) is 0 Å². The number of hydrogen-bond acceptors (Lipinski definition) is 1. The average molecular weight is 226 g/mol. The Kier molecular flexibility index (Phi) is 4.77. The van der Waals surface area contributed by atoms with Crippen LogP contribution in [0.25, 0.3) is 0 Å². The van der Waals surface area contributed by atoms with Gasteiger partial charge in [-0.3, -0.25) is 0 Å². The van der Waals surface area contributed by atoms with Gasteiger partial charge in [0.1, 0.15) is 0 Å². The third-order valence-corrected chi connectivity index (χ3v) is 1.86. The van der Waals surface area contributed by atoms with E-state index >= 15 is 0 Å². The third-order valence-electron chi connectivity index (χ3n) is 1.50. The molecule has 0 atom stereocenters. The zero-order chi connectivity index (χ0) is 11.4. The Hall–Kier alpha value is -0.900. The van der Waals surface area contributed by atoms with Gasteiger partial charge in [-0.25, -0.2) is 0 Å². The van der Waals surface area contributed by atoms with Gasteiger partial charge in [0, 0.05) is 0 Å². The number of alkyl halides is 3. The van der Waals surface area contributed by atoms with E-state index in [4.69, 9.17) is 17.3 Å². The van der Waals surface area contributed by atoms with Crippen molar-refractivity contribution >= 4 is 11.6 Å². The van der Waals surface area contributed by atoms with Crippen molar-refractivity contribution in [2.45, 2.75) is 19.5 Å². The Morgan fingerprint density at radius 1 is 1.50 bits per heavy atom. The van der Waals surface area contributed by atoms with Crippen LogP contribution in [-0.4, -0.2) is 6.18 Å². The van der Waals surface area contributed by atoms with Crippen LogP contribution in [0.15, 0.2) is 35.0 Å². The summed E-state index contributed by atoms with van der Waals surface area (Å²) in [5.74, 6) is 0. The van der Waals surface area contributed by atoms with E-state index in [-0.39, 0.29) is 10.7 Å². The van der Waals surface area contributed by atoms with Crippen molar-refractivity contribution in [3.05, 3.63) is 35.0 Å². The molecule has 0 fully saturated rings. The Bertz CT molecular complexity index is 276. The standard InChI is InChI=1S/C9H11ClF3N/c1-3-7(10)8(14)6(2)4-5-9(11,12)13/h3-4H,1,5,14H2,2H3/b6-4-,8-7-. The SMILES string of the molecule is C=C/C(Cl)=C(N)\C(C)=C/CC(F)(F)F. The van der Waals surface area contributed by atoms with Crippen LogP contribution in [0.3, 0.4) is 0 Å². The molecule has 0 saturated heterocycles. The summed E-state index contributed by atoms with van der Waals surface area (Å²) in [6.45, 7) is 4.82. The molecule has 0 aromatic heterocycles. The first kappa shape index (κ1) is 13.1. The van der Waals surface area contributed by atoms with Gasteiger partial charge in [-0.05, 0) is 18.6 Å². The molecule has 80 valence electrons. The molecule has 0 amide bonds. The maximum absolute atomic E-state index is 11.8. The van der Waals surface area contributed by atoms with Crippen LogP contribution in [-0.2, 0) is 0 Å². The van der Waals surface area contributed by atoms with Crippen LogP contribution < -0.4 is 5.73 Å². The fourth-order valence-electron chi connectivity index (χ4n) is 0.677. The van der Waals surface area contributed by atoms with Gasteiger partial charge in [-0.15, -0.1) is 0 Å². The molecule has 0 aliphatic heterocycles. The van der Waals surface area contributed by atoms with E-state index in [0.29, 0.717) is 5.57 Å². The molecular weight excluding hydrogens is 215 g/mol. The maximum atomic E-state index is 11.8. The van der Waals surface area contributed by atoms with Crippen molar-refractivity contribution in [3.8, 4) is 0 Å². The molecule has 0 bridgehead atoms. The van der Waals surface area contributed by atoms with Gasteiger partial charge >= 0.3 is 6.18 Å².